The summed E-state index contributed by atoms with van der Waals surface area (Å²) in [6.45, 7) is 0.870. The fourth-order valence-corrected chi connectivity index (χ4v) is 2.38. The maximum absolute atomic E-state index is 11.6. The third-order valence-electron chi connectivity index (χ3n) is 3.11. The summed E-state index contributed by atoms with van der Waals surface area (Å²) in [5, 5.41) is 0. The van der Waals surface area contributed by atoms with Gasteiger partial charge in [0, 0.05) is 7.11 Å². The van der Waals surface area contributed by atoms with Crippen molar-refractivity contribution in [2.45, 2.75) is 12.8 Å². The first kappa shape index (κ1) is 9.71. The van der Waals surface area contributed by atoms with Gasteiger partial charge < -0.3 is 9.47 Å². The van der Waals surface area contributed by atoms with Gasteiger partial charge in [0.25, 0.3) is 0 Å². The Morgan fingerprint density at radius 2 is 2.21 bits per heavy atom. The zero-order chi connectivity index (χ0) is 9.97. The first-order chi connectivity index (χ1) is 6.81. The Labute approximate surface area is 84.1 Å². The Morgan fingerprint density at radius 3 is 2.79 bits per heavy atom. The number of rotatable bonds is 4. The Bertz CT molecular complexity index is 247. The maximum atomic E-state index is 11.6. The van der Waals surface area contributed by atoms with Gasteiger partial charge in [-0.25, -0.2) is 0 Å². The first-order valence-electron chi connectivity index (χ1n) is 5.15. The Morgan fingerprint density at radius 1 is 1.36 bits per heavy atom. The highest BCUT2D eigenvalue weighted by Crippen LogP contribution is 2.43. The summed E-state index contributed by atoms with van der Waals surface area (Å²) in [7, 11) is 1.61. The minimum absolute atomic E-state index is 0.0427. The van der Waals surface area contributed by atoms with Gasteiger partial charge in [0.2, 0.25) is 0 Å². The van der Waals surface area contributed by atoms with Crippen molar-refractivity contribution in [3.05, 3.63) is 12.2 Å². The van der Waals surface area contributed by atoms with Gasteiger partial charge in [-0.15, -0.1) is 0 Å². The molecule has 0 heterocycles. The van der Waals surface area contributed by atoms with Crippen LogP contribution in [0, 0.1) is 17.8 Å². The van der Waals surface area contributed by atoms with Crippen molar-refractivity contribution in [1.82, 2.24) is 0 Å². The summed E-state index contributed by atoms with van der Waals surface area (Å²) < 4.78 is 9.95. The molecule has 0 N–H and O–H groups in total. The van der Waals surface area contributed by atoms with E-state index >= 15 is 0 Å². The molecule has 1 fully saturated rings. The second-order valence-corrected chi connectivity index (χ2v) is 4.05. The molecule has 0 aromatic heterocycles. The van der Waals surface area contributed by atoms with E-state index in [9.17, 15) is 4.79 Å². The summed E-state index contributed by atoms with van der Waals surface area (Å²) in [5.41, 5.74) is 0. The van der Waals surface area contributed by atoms with Crippen LogP contribution in [0.1, 0.15) is 12.8 Å². The van der Waals surface area contributed by atoms with Crippen molar-refractivity contribution in [3.63, 3.8) is 0 Å². The molecule has 3 heteroatoms. The molecule has 2 bridgehead atoms. The quantitative estimate of drug-likeness (QED) is 0.387. The summed E-state index contributed by atoms with van der Waals surface area (Å²) in [4.78, 5) is 11.6. The predicted molar refractivity (Wildman–Crippen MR) is 51.7 cm³/mol. The second-order valence-electron chi connectivity index (χ2n) is 4.05. The van der Waals surface area contributed by atoms with Gasteiger partial charge in [-0.05, 0) is 24.7 Å². The molecule has 2 unspecified atom stereocenters. The zero-order valence-corrected chi connectivity index (χ0v) is 8.44. The van der Waals surface area contributed by atoms with Gasteiger partial charge in [-0.2, -0.15) is 0 Å². The van der Waals surface area contributed by atoms with Crippen LogP contribution in [-0.2, 0) is 14.3 Å². The Balaban J connectivity index is 1.79. The maximum Gasteiger partial charge on any atom is 0.309 e. The molecule has 78 valence electrons. The van der Waals surface area contributed by atoms with Crippen molar-refractivity contribution < 1.29 is 14.3 Å². The smallest absolute Gasteiger partial charge is 0.309 e. The van der Waals surface area contributed by atoms with Gasteiger partial charge in [0.05, 0.1) is 12.5 Å². The van der Waals surface area contributed by atoms with E-state index in [4.69, 9.17) is 9.47 Å². The van der Waals surface area contributed by atoms with Crippen LogP contribution < -0.4 is 0 Å². The third-order valence-corrected chi connectivity index (χ3v) is 3.11. The average molecular weight is 196 g/mol. The summed E-state index contributed by atoms with van der Waals surface area (Å²) in [6.07, 6.45) is 6.51. The number of esters is 1. The average Bonchev–Trinajstić information content (AvgIpc) is 2.79. The fourth-order valence-electron chi connectivity index (χ4n) is 2.38. The number of fused-ring (bicyclic) bond motifs is 2. The van der Waals surface area contributed by atoms with Crippen molar-refractivity contribution in [3.8, 4) is 0 Å². The number of methoxy groups -OCH3 is 1. The summed E-state index contributed by atoms with van der Waals surface area (Å²) in [5.74, 6) is 1.13. The number of ether oxygens (including phenoxy) is 2. The normalized spacial score (nSPS) is 33.6. The molecule has 0 saturated heterocycles. The molecule has 0 radical (unpaired) electrons. The van der Waals surface area contributed by atoms with E-state index in [0.29, 0.717) is 25.0 Å². The van der Waals surface area contributed by atoms with Gasteiger partial charge in [0.15, 0.2) is 0 Å². The lowest BCUT2D eigenvalue weighted by Crippen LogP contribution is -2.22. The van der Waals surface area contributed by atoms with Crippen LogP contribution in [0.3, 0.4) is 0 Å². The molecule has 14 heavy (non-hydrogen) atoms. The number of carbonyl (C=O) groups is 1. The lowest BCUT2D eigenvalue weighted by Gasteiger charge is -2.16. The van der Waals surface area contributed by atoms with Crippen molar-refractivity contribution >= 4 is 5.97 Å². The van der Waals surface area contributed by atoms with E-state index in [0.717, 1.165) is 12.8 Å². The minimum Gasteiger partial charge on any atom is -0.463 e. The SMILES string of the molecule is COCCOC(=O)[C@H]1CC2C=CC1C2. The van der Waals surface area contributed by atoms with E-state index < -0.39 is 0 Å². The van der Waals surface area contributed by atoms with Gasteiger partial charge in [-0.1, -0.05) is 12.2 Å². The van der Waals surface area contributed by atoms with E-state index in [1.54, 1.807) is 7.11 Å². The van der Waals surface area contributed by atoms with E-state index in [2.05, 4.69) is 12.2 Å². The highest BCUT2D eigenvalue weighted by molar-refractivity contribution is 5.74. The van der Waals surface area contributed by atoms with Crippen molar-refractivity contribution in [2.75, 3.05) is 20.3 Å². The highest BCUT2D eigenvalue weighted by Gasteiger charge is 2.40. The lowest BCUT2D eigenvalue weighted by molar-refractivity contribution is -0.150. The number of hydrogen-bond acceptors (Lipinski definition) is 3. The van der Waals surface area contributed by atoms with Crippen molar-refractivity contribution in [2.24, 2.45) is 17.8 Å². The van der Waals surface area contributed by atoms with Gasteiger partial charge in [0.1, 0.15) is 6.61 Å². The minimum atomic E-state index is -0.0427. The van der Waals surface area contributed by atoms with Crippen LogP contribution >= 0.6 is 0 Å². The molecular formula is C11H16O3. The molecule has 1 saturated carbocycles. The largest absolute Gasteiger partial charge is 0.463 e. The number of allylic oxidation sites excluding steroid dienone is 2. The van der Waals surface area contributed by atoms with Crippen LogP contribution in [0.4, 0.5) is 0 Å². The third kappa shape index (κ3) is 1.82. The van der Waals surface area contributed by atoms with Crippen LogP contribution in [0.5, 0.6) is 0 Å². The van der Waals surface area contributed by atoms with E-state index in [1.165, 1.54) is 0 Å². The molecule has 3 nitrogen and oxygen atoms in total. The standard InChI is InChI=1S/C11H16O3/c1-13-4-5-14-11(12)10-7-8-2-3-9(10)6-8/h2-3,8-10H,4-7H2,1H3/t8?,9?,10-/m0/s1. The van der Waals surface area contributed by atoms with Crippen LogP contribution in [-0.4, -0.2) is 26.3 Å². The van der Waals surface area contributed by atoms with Gasteiger partial charge in [-0.3, -0.25) is 4.79 Å². The molecular weight excluding hydrogens is 180 g/mol. The second kappa shape index (κ2) is 4.13. The molecule has 0 aromatic rings. The van der Waals surface area contributed by atoms with Crippen LogP contribution in [0.15, 0.2) is 12.2 Å². The molecule has 0 spiro atoms. The molecule has 2 aliphatic carbocycles. The number of carbonyl (C=O) groups excluding carboxylic acids is 1. The molecule has 2 aliphatic rings. The van der Waals surface area contributed by atoms with Crippen LogP contribution in [0.25, 0.3) is 0 Å². The predicted octanol–water partition coefficient (Wildman–Crippen LogP) is 1.39. The Kier molecular flexibility index (Phi) is 2.87. The number of hydrogen-bond donors (Lipinski definition) is 0. The molecule has 3 atom stereocenters. The Hall–Kier alpha value is -0.830. The van der Waals surface area contributed by atoms with Crippen molar-refractivity contribution in [1.29, 1.82) is 0 Å². The summed E-state index contributed by atoms with van der Waals surface area (Å²) >= 11 is 0. The fraction of sp³-hybridized carbons (Fsp3) is 0.727. The van der Waals surface area contributed by atoms with Crippen LogP contribution in [0.2, 0.25) is 0 Å². The monoisotopic (exact) mass is 196 g/mol. The van der Waals surface area contributed by atoms with Gasteiger partial charge >= 0.3 is 5.97 Å². The summed E-state index contributed by atoms with van der Waals surface area (Å²) in [6, 6.07) is 0. The van der Waals surface area contributed by atoms with E-state index in [-0.39, 0.29) is 11.9 Å². The molecule has 0 amide bonds. The molecule has 0 aromatic carbocycles. The zero-order valence-electron chi connectivity index (χ0n) is 8.44. The molecule has 0 aliphatic heterocycles. The lowest BCUT2D eigenvalue weighted by atomic mass is 9.94. The van der Waals surface area contributed by atoms with E-state index in [1.807, 2.05) is 0 Å². The topological polar surface area (TPSA) is 35.5 Å². The molecule has 2 rings (SSSR count). The first-order valence-corrected chi connectivity index (χ1v) is 5.15. The highest BCUT2D eigenvalue weighted by atomic mass is 16.6.